The lowest BCUT2D eigenvalue weighted by atomic mass is 10.3. The van der Waals surface area contributed by atoms with E-state index in [1.54, 1.807) is 12.3 Å². The van der Waals surface area contributed by atoms with Gasteiger partial charge in [-0.1, -0.05) is 0 Å². The number of carbonyl (C=O) groups is 2. The van der Waals surface area contributed by atoms with Crippen LogP contribution >= 0.6 is 15.9 Å². The van der Waals surface area contributed by atoms with Crippen LogP contribution in [0.2, 0.25) is 0 Å². The van der Waals surface area contributed by atoms with Crippen LogP contribution in [0.3, 0.4) is 0 Å². The molecule has 1 aromatic heterocycles. The summed E-state index contributed by atoms with van der Waals surface area (Å²) in [4.78, 5) is 25.8. The summed E-state index contributed by atoms with van der Waals surface area (Å²) in [6.45, 7) is 1.85. The molecular weight excluding hydrogens is 264 g/mol. The molecular formula is C9H9BrN2O3. The Balaban J connectivity index is 2.77. The highest BCUT2D eigenvalue weighted by Gasteiger charge is 2.14. The Kier molecular flexibility index (Phi) is 3.79. The molecule has 1 N–H and O–H groups in total. The number of amides is 1. The van der Waals surface area contributed by atoms with Crippen LogP contribution in [-0.4, -0.2) is 24.0 Å². The minimum absolute atomic E-state index is 0.311. The van der Waals surface area contributed by atoms with Crippen molar-refractivity contribution in [2.24, 2.45) is 0 Å². The number of hydrogen-bond acceptors (Lipinski definition) is 4. The van der Waals surface area contributed by atoms with E-state index in [0.717, 1.165) is 17.1 Å². The number of rotatable bonds is 1. The number of pyridine rings is 1. The standard InChI is InChI=1S/C9H9BrN2O3/c1-5-3-7(11-4-6(5)10)12-8(13)9(14)15-2/h3-4H,1-2H3,(H,11,12,13). The minimum Gasteiger partial charge on any atom is -0.462 e. The zero-order valence-corrected chi connectivity index (χ0v) is 9.79. The average Bonchev–Trinajstić information content (AvgIpc) is 2.22. The average molecular weight is 273 g/mol. The fraction of sp³-hybridized carbons (Fsp3) is 0.222. The van der Waals surface area contributed by atoms with Crippen molar-refractivity contribution >= 4 is 33.6 Å². The van der Waals surface area contributed by atoms with E-state index >= 15 is 0 Å². The van der Waals surface area contributed by atoms with Gasteiger partial charge in [-0.15, -0.1) is 0 Å². The van der Waals surface area contributed by atoms with E-state index in [4.69, 9.17) is 0 Å². The molecule has 1 amide bonds. The van der Waals surface area contributed by atoms with Crippen molar-refractivity contribution in [2.75, 3.05) is 12.4 Å². The maximum atomic E-state index is 11.1. The van der Waals surface area contributed by atoms with Gasteiger partial charge in [-0.05, 0) is 34.5 Å². The van der Waals surface area contributed by atoms with Gasteiger partial charge in [0.15, 0.2) is 0 Å². The summed E-state index contributed by atoms with van der Waals surface area (Å²) in [5.74, 6) is -1.48. The molecule has 0 saturated heterocycles. The molecule has 0 aliphatic rings. The van der Waals surface area contributed by atoms with Gasteiger partial charge in [0.2, 0.25) is 0 Å². The monoisotopic (exact) mass is 272 g/mol. The summed E-state index contributed by atoms with van der Waals surface area (Å²) in [7, 11) is 1.14. The van der Waals surface area contributed by atoms with Gasteiger partial charge in [0.05, 0.1) is 7.11 Å². The van der Waals surface area contributed by atoms with Crippen LogP contribution in [0.4, 0.5) is 5.82 Å². The molecule has 0 aliphatic carbocycles. The second-order valence-corrected chi connectivity index (χ2v) is 3.62. The first-order valence-electron chi connectivity index (χ1n) is 4.06. The first-order valence-corrected chi connectivity index (χ1v) is 4.85. The summed E-state index contributed by atoms with van der Waals surface area (Å²) in [5.41, 5.74) is 0.908. The fourth-order valence-electron chi connectivity index (χ4n) is 0.868. The molecule has 0 aromatic carbocycles. The molecule has 80 valence electrons. The van der Waals surface area contributed by atoms with Gasteiger partial charge in [0.25, 0.3) is 0 Å². The van der Waals surface area contributed by atoms with E-state index in [-0.39, 0.29) is 0 Å². The number of aryl methyl sites for hydroxylation is 1. The van der Waals surface area contributed by atoms with Crippen LogP contribution in [0.1, 0.15) is 5.56 Å². The topological polar surface area (TPSA) is 68.3 Å². The van der Waals surface area contributed by atoms with Gasteiger partial charge in [0.1, 0.15) is 5.82 Å². The molecule has 0 unspecified atom stereocenters. The smallest absolute Gasteiger partial charge is 0.396 e. The Labute approximate surface area is 95.0 Å². The molecule has 0 atom stereocenters. The molecule has 1 aromatic rings. The molecule has 0 saturated carbocycles. The molecule has 0 spiro atoms. The Bertz CT molecular complexity index is 406. The molecule has 6 heteroatoms. The molecule has 0 radical (unpaired) electrons. The number of anilines is 1. The van der Waals surface area contributed by atoms with Gasteiger partial charge < -0.3 is 10.1 Å². The van der Waals surface area contributed by atoms with E-state index in [1.165, 1.54) is 0 Å². The molecule has 1 rings (SSSR count). The summed E-state index contributed by atoms with van der Waals surface area (Å²) >= 11 is 3.27. The zero-order chi connectivity index (χ0) is 11.4. The van der Waals surface area contributed by atoms with Crippen molar-refractivity contribution in [1.29, 1.82) is 0 Å². The van der Waals surface area contributed by atoms with Crippen LogP contribution in [-0.2, 0) is 14.3 Å². The van der Waals surface area contributed by atoms with Crippen LogP contribution in [0, 0.1) is 6.92 Å². The van der Waals surface area contributed by atoms with Crippen LogP contribution in [0.15, 0.2) is 16.7 Å². The molecule has 5 nitrogen and oxygen atoms in total. The Morgan fingerprint density at radius 3 is 2.73 bits per heavy atom. The summed E-state index contributed by atoms with van der Waals surface area (Å²) in [6, 6.07) is 1.64. The quantitative estimate of drug-likeness (QED) is 0.618. The molecule has 0 fully saturated rings. The number of aromatic nitrogens is 1. The third-order valence-electron chi connectivity index (χ3n) is 1.66. The van der Waals surface area contributed by atoms with Crippen molar-refractivity contribution in [3.8, 4) is 0 Å². The number of halogens is 1. The second-order valence-electron chi connectivity index (χ2n) is 2.76. The lowest BCUT2D eigenvalue weighted by Gasteiger charge is -2.04. The van der Waals surface area contributed by atoms with Crippen molar-refractivity contribution in [3.63, 3.8) is 0 Å². The van der Waals surface area contributed by atoms with Crippen molar-refractivity contribution in [2.45, 2.75) is 6.92 Å². The Hall–Kier alpha value is -1.43. The summed E-state index contributed by atoms with van der Waals surface area (Å²) < 4.78 is 5.08. The first kappa shape index (κ1) is 11.6. The third-order valence-corrected chi connectivity index (χ3v) is 2.49. The molecule has 1 heterocycles. The number of nitrogens with one attached hydrogen (secondary N) is 1. The molecule has 0 bridgehead atoms. The molecule has 0 aliphatic heterocycles. The minimum atomic E-state index is -0.947. The third kappa shape index (κ3) is 3.02. The van der Waals surface area contributed by atoms with E-state index in [2.05, 4.69) is 31.0 Å². The van der Waals surface area contributed by atoms with Gasteiger partial charge in [-0.3, -0.25) is 4.79 Å². The number of carbonyl (C=O) groups excluding carboxylic acids is 2. The van der Waals surface area contributed by atoms with Crippen LogP contribution in [0.5, 0.6) is 0 Å². The number of methoxy groups -OCH3 is 1. The van der Waals surface area contributed by atoms with Crippen molar-refractivity contribution in [3.05, 3.63) is 22.3 Å². The van der Waals surface area contributed by atoms with Crippen LogP contribution in [0.25, 0.3) is 0 Å². The normalized spacial score (nSPS) is 9.53. The highest BCUT2D eigenvalue weighted by molar-refractivity contribution is 9.10. The SMILES string of the molecule is COC(=O)C(=O)Nc1cc(C)c(Br)cn1. The lowest BCUT2D eigenvalue weighted by Crippen LogP contribution is -2.24. The van der Waals surface area contributed by atoms with Gasteiger partial charge >= 0.3 is 11.9 Å². The van der Waals surface area contributed by atoms with Gasteiger partial charge in [-0.2, -0.15) is 0 Å². The predicted octanol–water partition coefficient (Wildman–Crippen LogP) is 1.26. The highest BCUT2D eigenvalue weighted by Crippen LogP contribution is 2.16. The van der Waals surface area contributed by atoms with Gasteiger partial charge in [-0.25, -0.2) is 9.78 Å². The zero-order valence-electron chi connectivity index (χ0n) is 8.20. The maximum Gasteiger partial charge on any atom is 0.396 e. The van der Waals surface area contributed by atoms with Crippen molar-refractivity contribution in [1.82, 2.24) is 4.98 Å². The largest absolute Gasteiger partial charge is 0.462 e. The predicted molar refractivity (Wildman–Crippen MR) is 57.3 cm³/mol. The summed E-state index contributed by atoms with van der Waals surface area (Å²) in [5, 5.41) is 2.32. The summed E-state index contributed by atoms with van der Waals surface area (Å²) in [6.07, 6.45) is 1.54. The van der Waals surface area contributed by atoms with E-state index in [1.807, 2.05) is 6.92 Å². The Morgan fingerprint density at radius 2 is 2.20 bits per heavy atom. The Morgan fingerprint density at radius 1 is 1.53 bits per heavy atom. The number of esters is 1. The molecule has 15 heavy (non-hydrogen) atoms. The number of hydrogen-bond donors (Lipinski definition) is 1. The number of ether oxygens (including phenoxy) is 1. The first-order chi connectivity index (χ1) is 7.04. The fourth-order valence-corrected chi connectivity index (χ4v) is 1.08. The van der Waals surface area contributed by atoms with Gasteiger partial charge in [0, 0.05) is 10.7 Å². The van der Waals surface area contributed by atoms with Crippen molar-refractivity contribution < 1.29 is 14.3 Å². The highest BCUT2D eigenvalue weighted by atomic mass is 79.9. The van der Waals surface area contributed by atoms with Crippen LogP contribution < -0.4 is 5.32 Å². The lowest BCUT2D eigenvalue weighted by molar-refractivity contribution is -0.150. The van der Waals surface area contributed by atoms with E-state index in [0.29, 0.717) is 5.82 Å². The maximum absolute atomic E-state index is 11.1. The van der Waals surface area contributed by atoms with E-state index in [9.17, 15) is 9.59 Å². The van der Waals surface area contributed by atoms with E-state index < -0.39 is 11.9 Å². The second kappa shape index (κ2) is 4.88. The number of nitrogens with zero attached hydrogens (tertiary/aromatic N) is 1.